The number of alkyl halides is 3. The number of nitrogens with zero attached hydrogens (tertiary/aromatic N) is 3. The highest BCUT2D eigenvalue weighted by Gasteiger charge is 2.39. The Bertz CT molecular complexity index is 1410. The molecular formula is C22H15F4N3O5S. The monoisotopic (exact) mass is 509 g/mol. The molecule has 0 unspecified atom stereocenters. The summed E-state index contributed by atoms with van der Waals surface area (Å²) in [6.07, 6.45) is -5.82. The fourth-order valence-electron chi connectivity index (χ4n) is 3.24. The standard InChI is InChI=1S/C22H15F4N3O5S/c1-12-10-29(35(31,32)21-6-5-14(22(24,25)26)7-17(21)28-4)11-20(12)34-18-8-15(23)16(27-3)9-19(18)33-13(2)30/h5-9,20H,1,10-11H2,2H3/t20-/m0/s1. The Morgan fingerprint density at radius 1 is 1.14 bits per heavy atom. The van der Waals surface area contributed by atoms with Gasteiger partial charge in [0.1, 0.15) is 11.9 Å². The summed E-state index contributed by atoms with van der Waals surface area (Å²) in [5.74, 6) is -2.30. The maximum absolute atomic E-state index is 14.2. The van der Waals surface area contributed by atoms with Crippen molar-refractivity contribution in [3.8, 4) is 11.5 Å². The third-order valence-electron chi connectivity index (χ3n) is 4.89. The van der Waals surface area contributed by atoms with Crippen LogP contribution in [0.4, 0.5) is 28.9 Å². The van der Waals surface area contributed by atoms with Crippen LogP contribution in [0.3, 0.4) is 0 Å². The number of carbonyl (C=O) groups excluding carboxylic acids is 1. The molecule has 1 atom stereocenters. The number of halogens is 4. The zero-order chi connectivity index (χ0) is 26.1. The second kappa shape index (κ2) is 9.37. The van der Waals surface area contributed by atoms with Crippen molar-refractivity contribution in [2.24, 2.45) is 0 Å². The largest absolute Gasteiger partial charge is 0.481 e. The first-order chi connectivity index (χ1) is 16.3. The van der Waals surface area contributed by atoms with Gasteiger partial charge in [-0.3, -0.25) is 4.79 Å². The number of ether oxygens (including phenoxy) is 2. The second-order valence-electron chi connectivity index (χ2n) is 7.31. The third kappa shape index (κ3) is 5.26. The zero-order valence-electron chi connectivity index (χ0n) is 17.9. The topological polar surface area (TPSA) is 81.6 Å². The maximum Gasteiger partial charge on any atom is 0.415 e. The van der Waals surface area contributed by atoms with Crippen LogP contribution in [0.5, 0.6) is 11.5 Å². The van der Waals surface area contributed by atoms with E-state index in [1.54, 1.807) is 0 Å². The molecular weight excluding hydrogens is 494 g/mol. The zero-order valence-corrected chi connectivity index (χ0v) is 18.7. The first-order valence-electron chi connectivity index (χ1n) is 9.60. The van der Waals surface area contributed by atoms with Crippen LogP contribution in [-0.2, 0) is 21.0 Å². The highest BCUT2D eigenvalue weighted by molar-refractivity contribution is 7.89. The van der Waals surface area contributed by atoms with Gasteiger partial charge in [-0.2, -0.15) is 17.5 Å². The number of esters is 1. The molecule has 1 fully saturated rings. The summed E-state index contributed by atoms with van der Waals surface area (Å²) in [7, 11) is -4.44. The van der Waals surface area contributed by atoms with Crippen molar-refractivity contribution >= 4 is 27.4 Å². The van der Waals surface area contributed by atoms with E-state index in [0.717, 1.165) is 23.4 Å². The van der Waals surface area contributed by atoms with Crippen LogP contribution in [0.25, 0.3) is 9.69 Å². The SMILES string of the molecule is [C-]#[N+]c1cc(OC(C)=O)c(O[C@H]2CN(S(=O)(=O)c3ccc(C(F)(F)F)cc3[N+]#[C-])CC2=C)cc1F. The van der Waals surface area contributed by atoms with E-state index in [1.165, 1.54) is 0 Å². The lowest BCUT2D eigenvalue weighted by Crippen LogP contribution is -2.31. The first kappa shape index (κ1) is 25.7. The van der Waals surface area contributed by atoms with Gasteiger partial charge in [-0.25, -0.2) is 22.5 Å². The van der Waals surface area contributed by atoms with Gasteiger partial charge in [-0.1, -0.05) is 18.7 Å². The lowest BCUT2D eigenvalue weighted by molar-refractivity contribution is -0.137. The van der Waals surface area contributed by atoms with Crippen LogP contribution < -0.4 is 9.47 Å². The smallest absolute Gasteiger partial charge is 0.415 e. The number of carbonyl (C=O) groups is 1. The summed E-state index contributed by atoms with van der Waals surface area (Å²) in [5, 5.41) is 0. The summed E-state index contributed by atoms with van der Waals surface area (Å²) < 4.78 is 90.7. The van der Waals surface area contributed by atoms with E-state index in [4.69, 9.17) is 22.6 Å². The highest BCUT2D eigenvalue weighted by Crippen LogP contribution is 2.39. The van der Waals surface area contributed by atoms with Gasteiger partial charge in [-0.15, -0.1) is 0 Å². The summed E-state index contributed by atoms with van der Waals surface area (Å²) in [4.78, 5) is 16.7. The molecule has 13 heteroatoms. The van der Waals surface area contributed by atoms with E-state index in [1.807, 2.05) is 0 Å². The molecule has 2 aromatic rings. The Morgan fingerprint density at radius 3 is 2.37 bits per heavy atom. The molecule has 3 rings (SSSR count). The molecule has 0 radical (unpaired) electrons. The van der Waals surface area contributed by atoms with Gasteiger partial charge in [0.15, 0.2) is 11.5 Å². The Kier molecular flexibility index (Phi) is 6.87. The lowest BCUT2D eigenvalue weighted by Gasteiger charge is -2.19. The molecule has 182 valence electrons. The minimum Gasteiger partial charge on any atom is -0.481 e. The third-order valence-corrected chi connectivity index (χ3v) is 6.74. The van der Waals surface area contributed by atoms with Gasteiger partial charge in [0.25, 0.3) is 0 Å². The first-order valence-corrected chi connectivity index (χ1v) is 11.0. The van der Waals surface area contributed by atoms with Crippen LogP contribution >= 0.6 is 0 Å². The van der Waals surface area contributed by atoms with Crippen LogP contribution in [0.15, 0.2) is 47.4 Å². The van der Waals surface area contributed by atoms with E-state index in [0.29, 0.717) is 18.2 Å². The van der Waals surface area contributed by atoms with E-state index < -0.39 is 55.9 Å². The number of hydrogen-bond acceptors (Lipinski definition) is 5. The highest BCUT2D eigenvalue weighted by atomic mass is 32.2. The second-order valence-corrected chi connectivity index (χ2v) is 9.22. The van der Waals surface area contributed by atoms with Crippen LogP contribution in [0.2, 0.25) is 0 Å². The van der Waals surface area contributed by atoms with Crippen molar-refractivity contribution in [3.05, 3.63) is 76.7 Å². The summed E-state index contributed by atoms with van der Waals surface area (Å²) >= 11 is 0. The lowest BCUT2D eigenvalue weighted by atomic mass is 10.2. The molecule has 35 heavy (non-hydrogen) atoms. The fraction of sp³-hybridized carbons (Fsp3) is 0.227. The fourth-order valence-corrected chi connectivity index (χ4v) is 4.79. The number of rotatable bonds is 5. The average Bonchev–Trinajstić information content (AvgIpc) is 3.15. The van der Waals surface area contributed by atoms with Gasteiger partial charge in [0.2, 0.25) is 21.4 Å². The average molecular weight is 509 g/mol. The predicted molar refractivity (Wildman–Crippen MR) is 114 cm³/mol. The molecule has 0 amide bonds. The van der Waals surface area contributed by atoms with Gasteiger partial charge in [0, 0.05) is 25.1 Å². The van der Waals surface area contributed by atoms with E-state index in [-0.39, 0.29) is 30.2 Å². The normalized spacial score (nSPS) is 16.4. The molecule has 0 bridgehead atoms. The molecule has 0 spiro atoms. The van der Waals surface area contributed by atoms with E-state index >= 15 is 0 Å². The number of sulfonamides is 1. The number of hydrogen-bond donors (Lipinski definition) is 0. The Hall–Kier alpha value is -3.94. The maximum atomic E-state index is 14.2. The van der Waals surface area contributed by atoms with E-state index in [9.17, 15) is 30.8 Å². The molecule has 1 heterocycles. The van der Waals surface area contributed by atoms with Gasteiger partial charge >= 0.3 is 12.1 Å². The van der Waals surface area contributed by atoms with Crippen molar-refractivity contribution in [1.82, 2.24) is 4.31 Å². The van der Waals surface area contributed by atoms with Crippen molar-refractivity contribution in [2.45, 2.75) is 24.1 Å². The molecule has 1 aliphatic rings. The molecule has 0 aromatic heterocycles. The summed E-state index contributed by atoms with van der Waals surface area (Å²) in [6, 6.07) is 3.48. The van der Waals surface area contributed by atoms with Gasteiger partial charge < -0.3 is 9.47 Å². The molecule has 8 nitrogen and oxygen atoms in total. The van der Waals surface area contributed by atoms with Crippen molar-refractivity contribution in [3.63, 3.8) is 0 Å². The minimum atomic E-state index is -4.76. The molecule has 0 aliphatic carbocycles. The van der Waals surface area contributed by atoms with Crippen molar-refractivity contribution in [2.75, 3.05) is 13.1 Å². The van der Waals surface area contributed by atoms with Crippen LogP contribution in [0, 0.1) is 19.0 Å². The predicted octanol–water partition coefficient (Wildman–Crippen LogP) is 4.88. The molecule has 0 N–H and O–H groups in total. The summed E-state index contributed by atoms with van der Waals surface area (Å²) in [6.45, 7) is 18.3. The van der Waals surface area contributed by atoms with Crippen LogP contribution in [-0.4, -0.2) is 37.9 Å². The minimum absolute atomic E-state index is 0.216. The van der Waals surface area contributed by atoms with E-state index in [2.05, 4.69) is 16.3 Å². The molecule has 1 aliphatic heterocycles. The van der Waals surface area contributed by atoms with Gasteiger partial charge in [0.05, 0.1) is 24.6 Å². The molecule has 2 aromatic carbocycles. The number of benzene rings is 2. The molecule has 1 saturated heterocycles. The van der Waals surface area contributed by atoms with Crippen molar-refractivity contribution in [1.29, 1.82) is 0 Å². The summed E-state index contributed by atoms with van der Waals surface area (Å²) in [5.41, 5.74) is -2.09. The Balaban J connectivity index is 1.91. The van der Waals surface area contributed by atoms with Crippen LogP contribution in [0.1, 0.15) is 12.5 Å². The Labute approximate surface area is 197 Å². The molecule has 0 saturated carbocycles. The quantitative estimate of drug-likeness (QED) is 0.189. The van der Waals surface area contributed by atoms with Crippen molar-refractivity contribution < 1.29 is 40.2 Å². The Morgan fingerprint density at radius 2 is 1.80 bits per heavy atom. The van der Waals surface area contributed by atoms with Gasteiger partial charge in [-0.05, 0) is 17.7 Å².